The van der Waals surface area contributed by atoms with Crippen molar-refractivity contribution in [2.45, 2.75) is 38.1 Å². The van der Waals surface area contributed by atoms with E-state index in [1.165, 1.54) is 12.3 Å². The van der Waals surface area contributed by atoms with Gasteiger partial charge in [-0.05, 0) is 55.3 Å². The number of halogens is 3. The minimum absolute atomic E-state index is 0. The van der Waals surface area contributed by atoms with Crippen molar-refractivity contribution in [2.24, 2.45) is 5.73 Å². The highest BCUT2D eigenvalue weighted by Gasteiger charge is 2.39. The van der Waals surface area contributed by atoms with Crippen molar-refractivity contribution < 1.29 is 14.0 Å². The first-order valence-corrected chi connectivity index (χ1v) is 12.9. The summed E-state index contributed by atoms with van der Waals surface area (Å²) in [6.07, 6.45) is 3.24. The molecule has 5 rings (SSSR count). The van der Waals surface area contributed by atoms with Crippen molar-refractivity contribution in [1.29, 1.82) is 0 Å². The number of aromatic nitrogens is 2. The summed E-state index contributed by atoms with van der Waals surface area (Å²) in [7, 11) is 1.94. The van der Waals surface area contributed by atoms with Crippen LogP contribution in [0.25, 0.3) is 0 Å². The quantitative estimate of drug-likeness (QED) is 0.464. The summed E-state index contributed by atoms with van der Waals surface area (Å²) in [6.45, 7) is 5.93. The van der Waals surface area contributed by atoms with E-state index >= 15 is 0 Å². The zero-order valence-electron chi connectivity index (χ0n) is 22.0. The molecular formula is C28H31Cl2FN6O2. The normalized spacial score (nSPS) is 17.8. The fourth-order valence-electron chi connectivity index (χ4n) is 5.27. The smallest absolute Gasteiger partial charge is 0.272 e. The van der Waals surface area contributed by atoms with Crippen LogP contribution in [0.5, 0.6) is 0 Å². The minimum Gasteiger partial charge on any atom is -0.366 e. The van der Waals surface area contributed by atoms with E-state index in [9.17, 15) is 14.0 Å². The molecule has 0 spiro atoms. The van der Waals surface area contributed by atoms with Gasteiger partial charge in [0.1, 0.15) is 17.3 Å². The van der Waals surface area contributed by atoms with Gasteiger partial charge in [-0.1, -0.05) is 25.4 Å². The predicted octanol–water partition coefficient (Wildman–Crippen LogP) is 4.96. The second-order valence-corrected chi connectivity index (χ2v) is 11.0. The van der Waals surface area contributed by atoms with Gasteiger partial charge in [0.2, 0.25) is 5.91 Å². The van der Waals surface area contributed by atoms with E-state index < -0.39 is 11.7 Å². The van der Waals surface area contributed by atoms with Gasteiger partial charge in [-0.15, -0.1) is 12.4 Å². The average Bonchev–Trinajstić information content (AvgIpc) is 3.19. The minimum atomic E-state index is -0.519. The summed E-state index contributed by atoms with van der Waals surface area (Å²) in [5, 5.41) is 0.0791. The third-order valence-electron chi connectivity index (χ3n) is 7.42. The number of fused-ring (bicyclic) bond motifs is 1. The molecule has 0 bridgehead atoms. The Kier molecular flexibility index (Phi) is 8.04. The monoisotopic (exact) mass is 572 g/mol. The molecule has 2 aromatic heterocycles. The molecule has 8 nitrogen and oxygen atoms in total. The number of carbonyl (C=O) groups excluding carboxylic acids is 2. The lowest BCUT2D eigenvalue weighted by Crippen LogP contribution is -2.49. The maximum atomic E-state index is 14.2. The molecule has 2 aliphatic rings. The fraction of sp³-hybridized carbons (Fsp3) is 0.357. The van der Waals surface area contributed by atoms with Gasteiger partial charge in [-0.2, -0.15) is 0 Å². The molecule has 2 amide bonds. The molecule has 206 valence electrons. The number of likely N-dealkylation sites (tertiary alicyclic amines) is 1. The second kappa shape index (κ2) is 11.0. The summed E-state index contributed by atoms with van der Waals surface area (Å²) >= 11 is 5.88. The predicted molar refractivity (Wildman–Crippen MR) is 153 cm³/mol. The third-order valence-corrected chi connectivity index (χ3v) is 7.72. The van der Waals surface area contributed by atoms with Crippen LogP contribution in [-0.4, -0.2) is 59.4 Å². The number of primary amides is 1. The molecule has 0 radical (unpaired) electrons. The first-order chi connectivity index (χ1) is 18.0. The number of likely N-dealkylation sites (N-methyl/N-ethyl adjacent to an activating group) is 1. The summed E-state index contributed by atoms with van der Waals surface area (Å²) < 4.78 is 14.2. The number of hydrogen-bond donors (Lipinski definition) is 1. The number of nitrogens with zero attached hydrogens (tertiary/aromatic N) is 5. The molecule has 0 aliphatic carbocycles. The molecule has 2 aliphatic heterocycles. The highest BCUT2D eigenvalue weighted by Crippen LogP contribution is 2.43. The zero-order valence-corrected chi connectivity index (χ0v) is 23.6. The Hall–Kier alpha value is -3.43. The third kappa shape index (κ3) is 5.51. The lowest BCUT2D eigenvalue weighted by molar-refractivity contribution is 0.0700. The Morgan fingerprint density at radius 3 is 2.62 bits per heavy atom. The van der Waals surface area contributed by atoms with Crippen molar-refractivity contribution in [3.05, 3.63) is 76.5 Å². The molecule has 1 unspecified atom stereocenters. The molecule has 0 saturated carbocycles. The van der Waals surface area contributed by atoms with Crippen LogP contribution >= 0.6 is 24.0 Å². The van der Waals surface area contributed by atoms with E-state index in [1.807, 2.05) is 27.8 Å². The van der Waals surface area contributed by atoms with Crippen LogP contribution in [0.1, 0.15) is 53.2 Å². The molecular weight excluding hydrogens is 542 g/mol. The lowest BCUT2D eigenvalue weighted by atomic mass is 9.91. The van der Waals surface area contributed by atoms with Crippen molar-refractivity contribution in [2.75, 3.05) is 36.5 Å². The summed E-state index contributed by atoms with van der Waals surface area (Å²) in [6, 6.07) is 11.9. The fourth-order valence-corrected chi connectivity index (χ4v) is 5.39. The van der Waals surface area contributed by atoms with Crippen molar-refractivity contribution in [3.8, 4) is 0 Å². The Morgan fingerprint density at radius 1 is 1.18 bits per heavy atom. The summed E-state index contributed by atoms with van der Waals surface area (Å²) in [5.41, 5.74) is 8.09. The Morgan fingerprint density at radius 2 is 1.95 bits per heavy atom. The van der Waals surface area contributed by atoms with E-state index in [4.69, 9.17) is 22.3 Å². The number of anilines is 3. The highest BCUT2D eigenvalue weighted by molar-refractivity contribution is 6.30. The van der Waals surface area contributed by atoms with Gasteiger partial charge in [-0.3, -0.25) is 9.59 Å². The molecule has 2 N–H and O–H groups in total. The van der Waals surface area contributed by atoms with E-state index in [-0.39, 0.29) is 34.8 Å². The number of carbonyl (C=O) groups is 2. The van der Waals surface area contributed by atoms with Gasteiger partial charge in [0.15, 0.2) is 0 Å². The Balaban J connectivity index is 0.00000353. The van der Waals surface area contributed by atoms with Crippen molar-refractivity contribution in [3.63, 3.8) is 0 Å². The van der Waals surface area contributed by atoms with Gasteiger partial charge in [0.25, 0.3) is 5.91 Å². The number of hydrogen-bond acceptors (Lipinski definition) is 6. The maximum absolute atomic E-state index is 14.2. The molecule has 1 aromatic carbocycles. The summed E-state index contributed by atoms with van der Waals surface area (Å²) in [4.78, 5) is 40.0. The van der Waals surface area contributed by atoms with E-state index in [0.717, 1.165) is 24.2 Å². The molecule has 39 heavy (non-hydrogen) atoms. The van der Waals surface area contributed by atoms with Crippen LogP contribution in [0.3, 0.4) is 0 Å². The topological polar surface area (TPSA) is 95.7 Å². The van der Waals surface area contributed by atoms with Crippen molar-refractivity contribution >= 4 is 53.0 Å². The van der Waals surface area contributed by atoms with Crippen molar-refractivity contribution in [1.82, 2.24) is 14.9 Å². The summed E-state index contributed by atoms with van der Waals surface area (Å²) in [5.74, 6) is -0.395. The highest BCUT2D eigenvalue weighted by atomic mass is 35.5. The Bertz CT molecular complexity index is 1400. The molecule has 1 fully saturated rings. The molecule has 1 saturated heterocycles. The van der Waals surface area contributed by atoms with Crippen LogP contribution in [0.4, 0.5) is 21.6 Å². The number of pyridine rings is 2. The molecule has 11 heteroatoms. The molecule has 1 atom stereocenters. The van der Waals surface area contributed by atoms with Crippen LogP contribution in [0, 0.1) is 5.82 Å². The molecule has 4 heterocycles. The van der Waals surface area contributed by atoms with Crippen LogP contribution < -0.4 is 15.5 Å². The largest absolute Gasteiger partial charge is 0.366 e. The van der Waals surface area contributed by atoms with Crippen LogP contribution in [-0.2, 0) is 5.41 Å². The van der Waals surface area contributed by atoms with Crippen LogP contribution in [0.15, 0.2) is 48.7 Å². The zero-order chi connectivity index (χ0) is 27.2. The lowest BCUT2D eigenvalue weighted by Gasteiger charge is -2.38. The Labute approximate surface area is 238 Å². The maximum Gasteiger partial charge on any atom is 0.272 e. The standard InChI is InChI=1S/C28H30ClFN6O2.ClH/c1-28(2)16-36(18-7-8-20(29)21(30)13-18)23-10-9-22(33-25(23)28)27(38)35-12-4-5-19(15-35)34(3)24-11-6-17(14-32-24)26(31)37;/h6-11,13-14,19H,4-5,12,15-16H2,1-3H3,(H2,31,37);1H. The second-order valence-electron chi connectivity index (χ2n) is 10.6. The van der Waals surface area contributed by atoms with Gasteiger partial charge >= 0.3 is 0 Å². The van der Waals surface area contributed by atoms with Crippen LogP contribution in [0.2, 0.25) is 5.02 Å². The number of nitrogens with two attached hydrogens (primary N) is 1. The number of benzene rings is 1. The average molecular weight is 574 g/mol. The van der Waals surface area contributed by atoms with E-state index in [2.05, 4.69) is 18.8 Å². The van der Waals surface area contributed by atoms with Gasteiger partial charge in [0, 0.05) is 50.0 Å². The SMILES string of the molecule is CN(c1ccc(C(N)=O)cn1)C1CCCN(C(=O)c2ccc3c(n2)C(C)(C)CN3c2ccc(Cl)c(F)c2)C1.Cl. The first-order valence-electron chi connectivity index (χ1n) is 12.6. The first kappa shape index (κ1) is 28.6. The van der Waals surface area contributed by atoms with Gasteiger partial charge < -0.3 is 20.4 Å². The van der Waals surface area contributed by atoms with Gasteiger partial charge in [0.05, 0.1) is 22.0 Å². The van der Waals surface area contributed by atoms with E-state index in [1.54, 1.807) is 30.3 Å². The van der Waals surface area contributed by atoms with Gasteiger partial charge in [-0.25, -0.2) is 14.4 Å². The number of rotatable bonds is 5. The number of amides is 2. The van der Waals surface area contributed by atoms with E-state index in [0.29, 0.717) is 42.4 Å². The molecule has 3 aromatic rings. The number of piperidine rings is 1.